The van der Waals surface area contributed by atoms with Crippen LogP contribution in [0.3, 0.4) is 0 Å². The van der Waals surface area contributed by atoms with E-state index in [1.165, 1.54) is 30.5 Å². The Morgan fingerprint density at radius 1 is 1.10 bits per heavy atom. The maximum atomic E-state index is 13.1. The lowest BCUT2D eigenvalue weighted by molar-refractivity contribution is 0.0455. The zero-order valence-corrected chi connectivity index (χ0v) is 18.0. The van der Waals surface area contributed by atoms with Crippen molar-refractivity contribution in [2.24, 2.45) is 0 Å². The molecular formula is C21H17N3O5S2. The second-order valence-electron chi connectivity index (χ2n) is 6.41. The van der Waals surface area contributed by atoms with Gasteiger partial charge in [-0.15, -0.1) is 0 Å². The van der Waals surface area contributed by atoms with Gasteiger partial charge in [0.25, 0.3) is 15.9 Å². The van der Waals surface area contributed by atoms with E-state index in [0.29, 0.717) is 11.6 Å². The zero-order valence-electron chi connectivity index (χ0n) is 16.3. The van der Waals surface area contributed by atoms with E-state index >= 15 is 0 Å². The fraction of sp³-hybridized carbons (Fsp3) is 0.0952. The van der Waals surface area contributed by atoms with Gasteiger partial charge in [0, 0.05) is 12.4 Å². The molecule has 8 nitrogen and oxygen atoms in total. The van der Waals surface area contributed by atoms with Gasteiger partial charge in [-0.3, -0.25) is 4.31 Å². The van der Waals surface area contributed by atoms with Crippen LogP contribution in [0, 0.1) is 0 Å². The second kappa shape index (κ2) is 8.70. The number of hydrogen-bond acceptors (Lipinski definition) is 8. The lowest BCUT2D eigenvalue weighted by Crippen LogP contribution is -2.28. The fourth-order valence-corrected chi connectivity index (χ4v) is 4.81. The van der Waals surface area contributed by atoms with E-state index in [0.717, 1.165) is 9.87 Å². The summed E-state index contributed by atoms with van der Waals surface area (Å²) in [6.07, 6.45) is 0. The molecule has 31 heavy (non-hydrogen) atoms. The first kappa shape index (κ1) is 20.8. The van der Waals surface area contributed by atoms with Crippen molar-refractivity contribution in [3.05, 3.63) is 82.8 Å². The highest BCUT2D eigenvalue weighted by molar-refractivity contribution is 7.92. The predicted octanol–water partition coefficient (Wildman–Crippen LogP) is 3.98. The number of thiophene rings is 1. The highest BCUT2D eigenvalue weighted by atomic mass is 32.2. The summed E-state index contributed by atoms with van der Waals surface area (Å²) in [5, 5.41) is 7.52. The Bertz CT molecular complexity index is 1290. The van der Waals surface area contributed by atoms with Crippen LogP contribution in [0.4, 0.5) is 5.69 Å². The van der Waals surface area contributed by atoms with E-state index in [9.17, 15) is 13.2 Å². The smallest absolute Gasteiger partial charge is 0.339 e. The first-order valence-corrected chi connectivity index (χ1v) is 11.5. The number of rotatable bonds is 7. The standard InChI is InChI=1S/C21H17N3O5S2/c1-24(16-7-3-2-4-8-16)31(26,27)18-10-6-5-9-17(18)21(25)28-13-19-22-20(29-23-19)15-11-12-30-14-15/h2-12,14H,13H2,1H3. The van der Waals surface area contributed by atoms with Gasteiger partial charge >= 0.3 is 5.97 Å². The number of ether oxygens (including phenoxy) is 1. The van der Waals surface area contributed by atoms with Crippen molar-refractivity contribution in [2.75, 3.05) is 11.4 Å². The van der Waals surface area contributed by atoms with Crippen LogP contribution < -0.4 is 4.31 Å². The zero-order chi connectivity index (χ0) is 21.8. The molecule has 4 aromatic rings. The van der Waals surface area contributed by atoms with Crippen LogP contribution in [0.1, 0.15) is 16.2 Å². The third-order valence-corrected chi connectivity index (χ3v) is 6.96. The summed E-state index contributed by atoms with van der Waals surface area (Å²) in [5.74, 6) is -0.307. The number of hydrogen-bond donors (Lipinski definition) is 0. The molecule has 0 spiro atoms. The molecular weight excluding hydrogens is 438 g/mol. The van der Waals surface area contributed by atoms with Gasteiger partial charge in [-0.25, -0.2) is 13.2 Å². The van der Waals surface area contributed by atoms with Crippen molar-refractivity contribution in [1.82, 2.24) is 10.1 Å². The minimum absolute atomic E-state index is 0.0770. The Labute approximate surface area is 182 Å². The van der Waals surface area contributed by atoms with Crippen LogP contribution in [0.25, 0.3) is 11.5 Å². The van der Waals surface area contributed by atoms with Crippen molar-refractivity contribution in [2.45, 2.75) is 11.5 Å². The molecule has 0 N–H and O–H groups in total. The van der Waals surface area contributed by atoms with E-state index < -0.39 is 16.0 Å². The van der Waals surface area contributed by atoms with Gasteiger partial charge in [-0.2, -0.15) is 16.3 Å². The SMILES string of the molecule is CN(c1ccccc1)S(=O)(=O)c1ccccc1C(=O)OCc1noc(-c2ccsc2)n1. The van der Waals surface area contributed by atoms with E-state index in [2.05, 4.69) is 10.1 Å². The Morgan fingerprint density at radius 2 is 1.84 bits per heavy atom. The molecule has 158 valence electrons. The van der Waals surface area contributed by atoms with Gasteiger partial charge in [0.2, 0.25) is 5.82 Å². The molecule has 2 aromatic carbocycles. The van der Waals surface area contributed by atoms with Crippen molar-refractivity contribution >= 4 is 33.0 Å². The summed E-state index contributed by atoms with van der Waals surface area (Å²) in [4.78, 5) is 16.7. The molecule has 2 aromatic heterocycles. The number of para-hydroxylation sites is 1. The maximum Gasteiger partial charge on any atom is 0.339 e. The lowest BCUT2D eigenvalue weighted by atomic mass is 10.2. The number of anilines is 1. The summed E-state index contributed by atoms with van der Waals surface area (Å²) in [6, 6.07) is 16.3. The van der Waals surface area contributed by atoms with Gasteiger partial charge in [-0.05, 0) is 35.7 Å². The Morgan fingerprint density at radius 3 is 2.58 bits per heavy atom. The van der Waals surface area contributed by atoms with E-state index in [4.69, 9.17) is 9.26 Å². The topological polar surface area (TPSA) is 103 Å². The van der Waals surface area contributed by atoms with E-state index in [1.54, 1.807) is 42.5 Å². The molecule has 4 rings (SSSR count). The summed E-state index contributed by atoms with van der Waals surface area (Å²) in [6.45, 7) is -0.255. The van der Waals surface area contributed by atoms with E-state index in [1.807, 2.05) is 16.8 Å². The summed E-state index contributed by atoms with van der Waals surface area (Å²) >= 11 is 1.49. The molecule has 0 aliphatic rings. The minimum Gasteiger partial charge on any atom is -0.454 e. The van der Waals surface area contributed by atoms with Crippen LogP contribution in [-0.4, -0.2) is 31.6 Å². The van der Waals surface area contributed by atoms with Crippen LogP contribution in [0.2, 0.25) is 0 Å². The summed E-state index contributed by atoms with van der Waals surface area (Å²) in [5.41, 5.74) is 1.17. The van der Waals surface area contributed by atoms with Crippen LogP contribution >= 0.6 is 11.3 Å². The Kier molecular flexibility index (Phi) is 5.83. The Balaban J connectivity index is 1.53. The lowest BCUT2D eigenvalue weighted by Gasteiger charge is -2.20. The summed E-state index contributed by atoms with van der Waals surface area (Å²) < 4.78 is 37.8. The number of sulfonamides is 1. The predicted molar refractivity (Wildman–Crippen MR) is 115 cm³/mol. The van der Waals surface area contributed by atoms with Crippen molar-refractivity contribution < 1.29 is 22.5 Å². The number of carbonyl (C=O) groups excluding carboxylic acids is 1. The van der Waals surface area contributed by atoms with Gasteiger partial charge in [0.05, 0.1) is 16.8 Å². The van der Waals surface area contributed by atoms with Crippen LogP contribution in [0.15, 0.2) is 80.8 Å². The van der Waals surface area contributed by atoms with Crippen molar-refractivity contribution in [3.63, 3.8) is 0 Å². The van der Waals surface area contributed by atoms with E-state index in [-0.39, 0.29) is 22.9 Å². The molecule has 0 aliphatic carbocycles. The first-order valence-electron chi connectivity index (χ1n) is 9.12. The molecule has 0 fully saturated rings. The third kappa shape index (κ3) is 4.35. The molecule has 2 heterocycles. The minimum atomic E-state index is -3.99. The molecule has 0 saturated heterocycles. The number of carbonyl (C=O) groups is 1. The highest BCUT2D eigenvalue weighted by Crippen LogP contribution is 2.25. The van der Waals surface area contributed by atoms with Gasteiger partial charge in [-0.1, -0.05) is 35.5 Å². The van der Waals surface area contributed by atoms with Gasteiger partial charge in [0.15, 0.2) is 6.61 Å². The highest BCUT2D eigenvalue weighted by Gasteiger charge is 2.27. The molecule has 0 radical (unpaired) electrons. The Hall–Kier alpha value is -3.50. The van der Waals surface area contributed by atoms with Crippen LogP contribution in [-0.2, 0) is 21.4 Å². The quantitative estimate of drug-likeness (QED) is 0.388. The third-order valence-electron chi connectivity index (χ3n) is 4.43. The van der Waals surface area contributed by atoms with Crippen molar-refractivity contribution in [3.8, 4) is 11.5 Å². The molecule has 0 unspecified atom stereocenters. The molecule has 0 saturated carbocycles. The number of esters is 1. The normalized spacial score (nSPS) is 11.3. The number of aromatic nitrogens is 2. The maximum absolute atomic E-state index is 13.1. The van der Waals surface area contributed by atoms with Crippen molar-refractivity contribution in [1.29, 1.82) is 0 Å². The van der Waals surface area contributed by atoms with Gasteiger partial charge < -0.3 is 9.26 Å². The largest absolute Gasteiger partial charge is 0.454 e. The summed E-state index contributed by atoms with van der Waals surface area (Å²) in [7, 11) is -2.56. The molecule has 0 amide bonds. The van der Waals surface area contributed by atoms with Gasteiger partial charge in [0.1, 0.15) is 4.90 Å². The first-order chi connectivity index (χ1) is 15.0. The molecule has 10 heteroatoms. The number of nitrogens with zero attached hydrogens (tertiary/aromatic N) is 3. The average Bonchev–Trinajstić information content (AvgIpc) is 3.49. The monoisotopic (exact) mass is 455 g/mol. The van der Waals surface area contributed by atoms with Crippen LogP contribution in [0.5, 0.6) is 0 Å². The average molecular weight is 456 g/mol. The second-order valence-corrected chi connectivity index (χ2v) is 9.13. The fourth-order valence-electron chi connectivity index (χ4n) is 2.81. The molecule has 0 atom stereocenters. The number of benzene rings is 2. The molecule has 0 bridgehead atoms. The molecule has 0 aliphatic heterocycles.